The van der Waals surface area contributed by atoms with Gasteiger partial charge >= 0.3 is 0 Å². The highest BCUT2D eigenvalue weighted by atomic mass is 35.5. The predicted octanol–water partition coefficient (Wildman–Crippen LogP) is 2.49. The van der Waals surface area contributed by atoms with Gasteiger partial charge in [-0.1, -0.05) is 11.6 Å². The van der Waals surface area contributed by atoms with Crippen LogP contribution in [0.3, 0.4) is 0 Å². The Morgan fingerprint density at radius 3 is 2.75 bits per heavy atom. The monoisotopic (exact) mass is 187 g/mol. The van der Waals surface area contributed by atoms with Crippen molar-refractivity contribution in [3.8, 4) is 5.75 Å². The summed E-state index contributed by atoms with van der Waals surface area (Å²) in [6.45, 7) is 0. The summed E-state index contributed by atoms with van der Waals surface area (Å²) >= 11 is 5.49. The molecule has 12 heavy (non-hydrogen) atoms. The van der Waals surface area contributed by atoms with Gasteiger partial charge in [-0.25, -0.2) is 4.39 Å². The van der Waals surface area contributed by atoms with E-state index < -0.39 is 5.82 Å². The van der Waals surface area contributed by atoms with Crippen LogP contribution >= 0.6 is 11.6 Å². The summed E-state index contributed by atoms with van der Waals surface area (Å²) in [5.41, 5.74) is 0.0741. The average Bonchev–Trinajstić information content (AvgIpc) is 2.09. The smallest absolute Gasteiger partial charge is 0.154 e. The molecule has 0 bridgehead atoms. The fourth-order valence-electron chi connectivity index (χ4n) is 0.861. The molecule has 4 heteroatoms. The van der Waals surface area contributed by atoms with E-state index in [-0.39, 0.29) is 10.6 Å². The molecule has 0 aliphatic rings. The standard InChI is InChI=1S/C8H7ClFNO/c1-12-7-3-2-6(9)8(10)5(7)4-11/h2-4,11H,1H3. The fraction of sp³-hybridized carbons (Fsp3) is 0.125. The van der Waals surface area contributed by atoms with E-state index in [1.165, 1.54) is 19.2 Å². The zero-order valence-corrected chi connectivity index (χ0v) is 7.15. The van der Waals surface area contributed by atoms with Crippen LogP contribution < -0.4 is 4.74 Å². The van der Waals surface area contributed by atoms with Crippen LogP contribution in [0.2, 0.25) is 5.02 Å². The molecule has 0 unspecified atom stereocenters. The first-order chi connectivity index (χ1) is 5.70. The third-order valence-electron chi connectivity index (χ3n) is 1.46. The fourth-order valence-corrected chi connectivity index (χ4v) is 1.03. The zero-order valence-electron chi connectivity index (χ0n) is 6.40. The minimum atomic E-state index is -0.619. The van der Waals surface area contributed by atoms with E-state index in [4.69, 9.17) is 21.7 Å². The summed E-state index contributed by atoms with van der Waals surface area (Å²) < 4.78 is 17.9. The minimum Gasteiger partial charge on any atom is -0.496 e. The van der Waals surface area contributed by atoms with Crippen LogP contribution in [0.5, 0.6) is 5.75 Å². The van der Waals surface area contributed by atoms with E-state index in [0.717, 1.165) is 6.21 Å². The molecule has 0 spiro atoms. The van der Waals surface area contributed by atoms with Crippen LogP contribution in [0.25, 0.3) is 0 Å². The molecule has 0 aliphatic carbocycles. The van der Waals surface area contributed by atoms with Crippen LogP contribution in [0, 0.1) is 11.2 Å². The van der Waals surface area contributed by atoms with Gasteiger partial charge in [0.1, 0.15) is 5.75 Å². The molecule has 0 fully saturated rings. The Morgan fingerprint density at radius 1 is 1.58 bits per heavy atom. The molecule has 0 heterocycles. The Morgan fingerprint density at radius 2 is 2.25 bits per heavy atom. The number of benzene rings is 1. The minimum absolute atomic E-state index is 0.00528. The second-order valence-electron chi connectivity index (χ2n) is 2.12. The second-order valence-corrected chi connectivity index (χ2v) is 2.53. The van der Waals surface area contributed by atoms with Crippen molar-refractivity contribution in [2.24, 2.45) is 0 Å². The van der Waals surface area contributed by atoms with Crippen molar-refractivity contribution in [3.05, 3.63) is 28.5 Å². The first-order valence-corrected chi connectivity index (χ1v) is 3.61. The molecular weight excluding hydrogens is 181 g/mol. The van der Waals surface area contributed by atoms with Crippen molar-refractivity contribution in [1.29, 1.82) is 5.41 Å². The number of methoxy groups -OCH3 is 1. The molecule has 0 atom stereocenters. The highest BCUT2D eigenvalue weighted by molar-refractivity contribution is 6.31. The third kappa shape index (κ3) is 1.41. The number of ether oxygens (including phenoxy) is 1. The Hall–Kier alpha value is -1.09. The third-order valence-corrected chi connectivity index (χ3v) is 1.75. The Kier molecular flexibility index (Phi) is 2.65. The van der Waals surface area contributed by atoms with Gasteiger partial charge in [0.2, 0.25) is 0 Å². The maximum absolute atomic E-state index is 13.1. The molecule has 1 aromatic rings. The van der Waals surface area contributed by atoms with Crippen molar-refractivity contribution in [1.82, 2.24) is 0 Å². The van der Waals surface area contributed by atoms with Gasteiger partial charge in [-0.2, -0.15) is 0 Å². The second kappa shape index (κ2) is 3.54. The highest BCUT2D eigenvalue weighted by Crippen LogP contribution is 2.25. The molecule has 0 saturated carbocycles. The maximum atomic E-state index is 13.1. The lowest BCUT2D eigenvalue weighted by Crippen LogP contribution is -1.94. The lowest BCUT2D eigenvalue weighted by atomic mass is 10.2. The quantitative estimate of drug-likeness (QED) is 0.709. The summed E-state index contributed by atoms with van der Waals surface area (Å²) in [5, 5.41) is 6.92. The molecule has 0 aromatic heterocycles. The first-order valence-electron chi connectivity index (χ1n) is 3.23. The molecular formula is C8H7ClFNO. The van der Waals surface area contributed by atoms with E-state index in [1.54, 1.807) is 0 Å². The van der Waals surface area contributed by atoms with Gasteiger partial charge < -0.3 is 10.1 Å². The van der Waals surface area contributed by atoms with E-state index >= 15 is 0 Å². The van der Waals surface area contributed by atoms with Gasteiger partial charge in [0.05, 0.1) is 17.7 Å². The number of halogens is 2. The SMILES string of the molecule is COc1ccc(Cl)c(F)c1C=N. The molecule has 1 aromatic carbocycles. The van der Waals surface area contributed by atoms with Gasteiger partial charge in [0.15, 0.2) is 5.82 Å². The topological polar surface area (TPSA) is 33.1 Å². The Bertz CT molecular complexity index is 314. The maximum Gasteiger partial charge on any atom is 0.154 e. The largest absolute Gasteiger partial charge is 0.496 e. The molecule has 2 nitrogen and oxygen atoms in total. The van der Waals surface area contributed by atoms with Gasteiger partial charge in [-0.05, 0) is 12.1 Å². The lowest BCUT2D eigenvalue weighted by Gasteiger charge is -2.05. The average molecular weight is 188 g/mol. The molecule has 0 radical (unpaired) electrons. The molecule has 0 saturated heterocycles. The Labute approximate surface area is 74.4 Å². The van der Waals surface area contributed by atoms with E-state index in [1.807, 2.05) is 0 Å². The number of nitrogens with one attached hydrogen (secondary N) is 1. The van der Waals surface area contributed by atoms with Crippen LogP contribution in [-0.4, -0.2) is 13.3 Å². The number of hydrogen-bond acceptors (Lipinski definition) is 2. The van der Waals surface area contributed by atoms with E-state index in [9.17, 15) is 4.39 Å². The summed E-state index contributed by atoms with van der Waals surface area (Å²) in [7, 11) is 1.41. The van der Waals surface area contributed by atoms with Gasteiger partial charge in [0, 0.05) is 6.21 Å². The highest BCUT2D eigenvalue weighted by Gasteiger charge is 2.09. The van der Waals surface area contributed by atoms with Crippen LogP contribution in [0.15, 0.2) is 12.1 Å². The van der Waals surface area contributed by atoms with Crippen molar-refractivity contribution < 1.29 is 9.13 Å². The predicted molar refractivity (Wildman–Crippen MR) is 45.8 cm³/mol. The van der Waals surface area contributed by atoms with Crippen molar-refractivity contribution in [2.45, 2.75) is 0 Å². The summed E-state index contributed by atoms with van der Waals surface area (Å²) in [4.78, 5) is 0. The van der Waals surface area contributed by atoms with Gasteiger partial charge in [0.25, 0.3) is 0 Å². The molecule has 64 valence electrons. The van der Waals surface area contributed by atoms with Crippen LogP contribution in [0.4, 0.5) is 4.39 Å². The summed E-state index contributed by atoms with van der Waals surface area (Å²) in [5.74, 6) is -0.307. The summed E-state index contributed by atoms with van der Waals surface area (Å²) in [6, 6.07) is 2.91. The van der Waals surface area contributed by atoms with Crippen molar-refractivity contribution in [2.75, 3.05) is 7.11 Å². The molecule has 1 N–H and O–H groups in total. The van der Waals surface area contributed by atoms with Crippen molar-refractivity contribution in [3.63, 3.8) is 0 Å². The molecule has 0 aliphatic heterocycles. The summed E-state index contributed by atoms with van der Waals surface area (Å²) in [6.07, 6.45) is 0.875. The van der Waals surface area contributed by atoms with Crippen LogP contribution in [-0.2, 0) is 0 Å². The van der Waals surface area contributed by atoms with Gasteiger partial charge in [-0.15, -0.1) is 0 Å². The molecule has 1 rings (SSSR count). The molecule has 0 amide bonds. The van der Waals surface area contributed by atoms with E-state index in [0.29, 0.717) is 5.75 Å². The zero-order chi connectivity index (χ0) is 9.14. The number of rotatable bonds is 2. The Balaban J connectivity index is 3.35. The first kappa shape index (κ1) is 9.00. The van der Waals surface area contributed by atoms with Crippen LogP contribution in [0.1, 0.15) is 5.56 Å². The van der Waals surface area contributed by atoms with E-state index in [2.05, 4.69) is 0 Å². The number of hydrogen-bond donors (Lipinski definition) is 1. The van der Waals surface area contributed by atoms with Gasteiger partial charge in [-0.3, -0.25) is 0 Å². The lowest BCUT2D eigenvalue weighted by molar-refractivity contribution is 0.410. The van der Waals surface area contributed by atoms with Crippen molar-refractivity contribution >= 4 is 17.8 Å². The normalized spacial score (nSPS) is 9.58.